The summed E-state index contributed by atoms with van der Waals surface area (Å²) in [5.74, 6) is -0.137. The van der Waals surface area contributed by atoms with Crippen LogP contribution in [0, 0.1) is 0 Å². The Kier molecular flexibility index (Phi) is 15.4. The number of hydrogen-bond acceptors (Lipinski definition) is 4. The van der Waals surface area contributed by atoms with Crippen LogP contribution in [0.25, 0.3) is 0 Å². The van der Waals surface area contributed by atoms with Crippen molar-refractivity contribution in [2.75, 3.05) is 0 Å². The van der Waals surface area contributed by atoms with Gasteiger partial charge in [0.2, 0.25) is 0 Å². The number of hydrogen-bond donors (Lipinski definition) is 2. The lowest BCUT2D eigenvalue weighted by Gasteiger charge is -2.17. The summed E-state index contributed by atoms with van der Waals surface area (Å²) in [5, 5.41) is 20.1. The highest BCUT2D eigenvalue weighted by Gasteiger charge is 2.15. The molecule has 0 saturated heterocycles. The SMILES string of the molecule is CCCCCCCC[C@H](O)[C@@H](O)CCCCCCCC(=O)OCc1ccccc1. The quantitative estimate of drug-likeness (QED) is 0.234. The van der Waals surface area contributed by atoms with E-state index in [0.717, 1.165) is 50.5 Å². The van der Waals surface area contributed by atoms with E-state index in [9.17, 15) is 15.0 Å². The average Bonchev–Trinajstić information content (AvgIpc) is 2.74. The van der Waals surface area contributed by atoms with Gasteiger partial charge < -0.3 is 14.9 Å². The van der Waals surface area contributed by atoms with Crippen LogP contribution in [0.5, 0.6) is 0 Å². The van der Waals surface area contributed by atoms with Crippen LogP contribution in [-0.2, 0) is 16.1 Å². The van der Waals surface area contributed by atoms with E-state index in [4.69, 9.17) is 4.74 Å². The lowest BCUT2D eigenvalue weighted by atomic mass is 9.99. The fourth-order valence-electron chi connectivity index (χ4n) is 3.48. The number of aliphatic hydroxyl groups excluding tert-OH is 2. The third-order valence-corrected chi connectivity index (χ3v) is 5.42. The Morgan fingerprint density at radius 1 is 0.793 bits per heavy atom. The molecule has 2 atom stereocenters. The van der Waals surface area contributed by atoms with Gasteiger partial charge >= 0.3 is 5.97 Å². The lowest BCUT2D eigenvalue weighted by molar-refractivity contribution is -0.145. The minimum Gasteiger partial charge on any atom is -0.461 e. The van der Waals surface area contributed by atoms with Crippen LogP contribution in [0.15, 0.2) is 30.3 Å². The third-order valence-electron chi connectivity index (χ3n) is 5.42. The number of carbonyl (C=O) groups is 1. The minimum absolute atomic E-state index is 0.137. The maximum atomic E-state index is 11.7. The van der Waals surface area contributed by atoms with E-state index in [1.807, 2.05) is 30.3 Å². The van der Waals surface area contributed by atoms with Gasteiger partial charge in [-0.05, 0) is 24.8 Å². The molecule has 0 amide bonds. The molecule has 166 valence electrons. The van der Waals surface area contributed by atoms with Crippen molar-refractivity contribution in [2.45, 2.75) is 116 Å². The number of esters is 1. The molecule has 0 radical (unpaired) electrons. The van der Waals surface area contributed by atoms with Crippen molar-refractivity contribution in [3.63, 3.8) is 0 Å². The Morgan fingerprint density at radius 2 is 1.31 bits per heavy atom. The van der Waals surface area contributed by atoms with Crippen LogP contribution in [0.4, 0.5) is 0 Å². The first-order chi connectivity index (χ1) is 14.1. The van der Waals surface area contributed by atoms with Gasteiger partial charge in [-0.1, -0.05) is 101 Å². The van der Waals surface area contributed by atoms with Gasteiger partial charge in [-0.25, -0.2) is 0 Å². The summed E-state index contributed by atoms with van der Waals surface area (Å²) in [5.41, 5.74) is 1.01. The summed E-state index contributed by atoms with van der Waals surface area (Å²) in [4.78, 5) is 11.7. The molecule has 0 aliphatic heterocycles. The monoisotopic (exact) mass is 406 g/mol. The summed E-state index contributed by atoms with van der Waals surface area (Å²) in [6.45, 7) is 2.56. The highest BCUT2D eigenvalue weighted by atomic mass is 16.5. The second-order valence-corrected chi connectivity index (χ2v) is 8.14. The second-order valence-electron chi connectivity index (χ2n) is 8.14. The first kappa shape index (κ1) is 25.6. The number of rotatable bonds is 18. The molecule has 4 nitrogen and oxygen atoms in total. The summed E-state index contributed by atoms with van der Waals surface area (Å²) in [6, 6.07) is 9.72. The zero-order chi connectivity index (χ0) is 21.2. The molecular weight excluding hydrogens is 364 g/mol. The molecule has 29 heavy (non-hydrogen) atoms. The van der Waals surface area contributed by atoms with E-state index in [1.165, 1.54) is 25.7 Å². The summed E-state index contributed by atoms with van der Waals surface area (Å²) in [7, 11) is 0. The largest absolute Gasteiger partial charge is 0.461 e. The maximum absolute atomic E-state index is 11.7. The Balaban J connectivity index is 1.91. The Labute approximate surface area is 177 Å². The molecule has 0 aliphatic carbocycles. The van der Waals surface area contributed by atoms with Crippen LogP contribution in [0.2, 0.25) is 0 Å². The first-order valence-corrected chi connectivity index (χ1v) is 11.7. The van der Waals surface area contributed by atoms with Crippen molar-refractivity contribution < 1.29 is 19.7 Å². The number of ether oxygens (including phenoxy) is 1. The van der Waals surface area contributed by atoms with Crippen molar-refractivity contribution in [1.82, 2.24) is 0 Å². The van der Waals surface area contributed by atoms with Gasteiger partial charge in [0.05, 0.1) is 12.2 Å². The number of aliphatic hydroxyl groups is 2. The Hall–Kier alpha value is -1.39. The van der Waals surface area contributed by atoms with E-state index in [2.05, 4.69) is 6.92 Å². The van der Waals surface area contributed by atoms with Gasteiger partial charge in [-0.3, -0.25) is 4.79 Å². The number of benzene rings is 1. The van der Waals surface area contributed by atoms with Crippen molar-refractivity contribution in [2.24, 2.45) is 0 Å². The van der Waals surface area contributed by atoms with Gasteiger partial charge in [-0.2, -0.15) is 0 Å². The topological polar surface area (TPSA) is 66.8 Å². The predicted octanol–water partition coefficient (Wildman–Crippen LogP) is 5.93. The molecule has 1 rings (SSSR count). The molecule has 0 fully saturated rings. The lowest BCUT2D eigenvalue weighted by Crippen LogP contribution is -2.25. The third kappa shape index (κ3) is 14.3. The van der Waals surface area contributed by atoms with Crippen LogP contribution in [0.3, 0.4) is 0 Å². The van der Waals surface area contributed by atoms with Crippen molar-refractivity contribution in [3.8, 4) is 0 Å². The molecule has 0 bridgehead atoms. The van der Waals surface area contributed by atoms with Crippen LogP contribution >= 0.6 is 0 Å². The van der Waals surface area contributed by atoms with Gasteiger partial charge in [0.15, 0.2) is 0 Å². The van der Waals surface area contributed by atoms with Crippen molar-refractivity contribution in [1.29, 1.82) is 0 Å². The van der Waals surface area contributed by atoms with Crippen molar-refractivity contribution >= 4 is 5.97 Å². The first-order valence-electron chi connectivity index (χ1n) is 11.7. The van der Waals surface area contributed by atoms with Gasteiger partial charge in [0.25, 0.3) is 0 Å². The number of unbranched alkanes of at least 4 members (excludes halogenated alkanes) is 9. The van der Waals surface area contributed by atoms with Crippen LogP contribution < -0.4 is 0 Å². The summed E-state index contributed by atoms with van der Waals surface area (Å²) < 4.78 is 5.27. The normalized spacial score (nSPS) is 13.2. The van der Waals surface area contributed by atoms with Gasteiger partial charge in [0, 0.05) is 6.42 Å². The van der Waals surface area contributed by atoms with Crippen LogP contribution in [0.1, 0.15) is 102 Å². The van der Waals surface area contributed by atoms with Gasteiger partial charge in [-0.15, -0.1) is 0 Å². The van der Waals surface area contributed by atoms with E-state index >= 15 is 0 Å². The zero-order valence-electron chi connectivity index (χ0n) is 18.4. The molecule has 0 aromatic heterocycles. The molecule has 2 N–H and O–H groups in total. The highest BCUT2D eigenvalue weighted by Crippen LogP contribution is 2.15. The Bertz CT molecular complexity index is 503. The molecule has 0 aliphatic rings. The molecule has 4 heteroatoms. The smallest absolute Gasteiger partial charge is 0.306 e. The molecular formula is C25H42O4. The average molecular weight is 407 g/mol. The van der Waals surface area contributed by atoms with E-state index in [0.29, 0.717) is 25.9 Å². The maximum Gasteiger partial charge on any atom is 0.306 e. The zero-order valence-corrected chi connectivity index (χ0v) is 18.4. The summed E-state index contributed by atoms with van der Waals surface area (Å²) in [6.07, 6.45) is 12.7. The molecule has 1 aromatic carbocycles. The standard InChI is InChI=1S/C25H42O4/c1-2-3-4-5-7-13-18-23(26)24(27)19-14-8-6-9-15-20-25(28)29-21-22-16-11-10-12-17-22/h10-12,16-17,23-24,26-27H,2-9,13-15,18-21H2,1H3/t23-,24-/m0/s1. The molecule has 0 unspecified atom stereocenters. The highest BCUT2D eigenvalue weighted by molar-refractivity contribution is 5.69. The molecule has 0 heterocycles. The second kappa shape index (κ2) is 17.5. The fraction of sp³-hybridized carbons (Fsp3) is 0.720. The van der Waals surface area contributed by atoms with E-state index in [-0.39, 0.29) is 5.97 Å². The van der Waals surface area contributed by atoms with Crippen LogP contribution in [-0.4, -0.2) is 28.4 Å². The summed E-state index contributed by atoms with van der Waals surface area (Å²) >= 11 is 0. The fourth-order valence-corrected chi connectivity index (χ4v) is 3.48. The number of carbonyl (C=O) groups excluding carboxylic acids is 1. The van der Waals surface area contributed by atoms with E-state index in [1.54, 1.807) is 0 Å². The van der Waals surface area contributed by atoms with E-state index < -0.39 is 12.2 Å². The van der Waals surface area contributed by atoms with Gasteiger partial charge in [0.1, 0.15) is 6.61 Å². The predicted molar refractivity (Wildman–Crippen MR) is 119 cm³/mol. The molecule has 0 saturated carbocycles. The molecule has 1 aromatic rings. The Morgan fingerprint density at radius 3 is 1.90 bits per heavy atom. The van der Waals surface area contributed by atoms with Crippen molar-refractivity contribution in [3.05, 3.63) is 35.9 Å². The minimum atomic E-state index is -0.599. The molecule has 0 spiro atoms.